The minimum atomic E-state index is -0.0743. The number of benzene rings is 1. The van der Waals surface area contributed by atoms with Crippen molar-refractivity contribution in [3.05, 3.63) is 35.4 Å². The van der Waals surface area contributed by atoms with E-state index in [1.165, 1.54) is 0 Å². The zero-order valence-corrected chi connectivity index (χ0v) is 11.6. The molecule has 5 nitrogen and oxygen atoms in total. The van der Waals surface area contributed by atoms with E-state index in [0.717, 1.165) is 39.1 Å². The molecular formula is C15H20N4O. The third-order valence-electron chi connectivity index (χ3n) is 3.42. The Hall–Kier alpha value is -1.90. The van der Waals surface area contributed by atoms with Gasteiger partial charge in [-0.25, -0.2) is 0 Å². The Morgan fingerprint density at radius 1 is 1.30 bits per heavy atom. The Bertz CT molecular complexity index is 472. The molecule has 1 aliphatic heterocycles. The maximum absolute atomic E-state index is 11.9. The van der Waals surface area contributed by atoms with Gasteiger partial charge in [-0.3, -0.25) is 4.79 Å². The van der Waals surface area contributed by atoms with Gasteiger partial charge in [0.1, 0.15) is 0 Å². The average Bonchev–Trinajstić information content (AvgIpc) is 2.52. The van der Waals surface area contributed by atoms with Crippen molar-refractivity contribution in [2.24, 2.45) is 0 Å². The molecule has 20 heavy (non-hydrogen) atoms. The van der Waals surface area contributed by atoms with Crippen LogP contribution < -0.4 is 10.6 Å². The second kappa shape index (κ2) is 7.63. The van der Waals surface area contributed by atoms with Crippen LogP contribution >= 0.6 is 0 Å². The van der Waals surface area contributed by atoms with Crippen molar-refractivity contribution < 1.29 is 4.79 Å². The van der Waals surface area contributed by atoms with Crippen LogP contribution in [-0.4, -0.2) is 50.1 Å². The van der Waals surface area contributed by atoms with Gasteiger partial charge in [-0.1, -0.05) is 0 Å². The molecule has 0 spiro atoms. The molecule has 0 atom stereocenters. The first-order chi connectivity index (χ1) is 9.79. The number of carbonyl (C=O) groups excluding carboxylic acids is 1. The van der Waals surface area contributed by atoms with Crippen molar-refractivity contribution in [2.75, 3.05) is 39.3 Å². The van der Waals surface area contributed by atoms with Gasteiger partial charge in [0.25, 0.3) is 5.91 Å². The Balaban J connectivity index is 1.67. The van der Waals surface area contributed by atoms with Crippen molar-refractivity contribution in [1.82, 2.24) is 15.5 Å². The van der Waals surface area contributed by atoms with Crippen LogP contribution in [0.25, 0.3) is 0 Å². The summed E-state index contributed by atoms with van der Waals surface area (Å²) >= 11 is 0. The van der Waals surface area contributed by atoms with E-state index in [4.69, 9.17) is 5.26 Å². The van der Waals surface area contributed by atoms with E-state index >= 15 is 0 Å². The van der Waals surface area contributed by atoms with E-state index in [0.29, 0.717) is 17.7 Å². The minimum Gasteiger partial charge on any atom is -0.352 e. The molecule has 1 amide bonds. The number of rotatable bonds is 5. The van der Waals surface area contributed by atoms with Gasteiger partial charge in [-0.15, -0.1) is 0 Å². The van der Waals surface area contributed by atoms with Crippen LogP contribution in [0.4, 0.5) is 0 Å². The number of carbonyl (C=O) groups is 1. The zero-order valence-electron chi connectivity index (χ0n) is 11.6. The van der Waals surface area contributed by atoms with Gasteiger partial charge in [0.15, 0.2) is 0 Å². The van der Waals surface area contributed by atoms with E-state index in [1.807, 2.05) is 6.07 Å². The van der Waals surface area contributed by atoms with Crippen LogP contribution in [0.1, 0.15) is 22.3 Å². The summed E-state index contributed by atoms with van der Waals surface area (Å²) in [6.45, 7) is 5.99. The van der Waals surface area contributed by atoms with E-state index in [1.54, 1.807) is 24.3 Å². The standard InChI is InChI=1S/C15H20N4O/c16-12-13-2-4-14(5-3-13)15(20)18-6-1-9-19-10-7-17-8-11-19/h2-5,17H,1,6-11H2,(H,18,20). The molecule has 0 saturated carbocycles. The molecule has 1 fully saturated rings. The van der Waals surface area contributed by atoms with E-state index < -0.39 is 0 Å². The SMILES string of the molecule is N#Cc1ccc(C(=O)NCCCN2CCNCC2)cc1. The molecule has 1 saturated heterocycles. The van der Waals surface area contributed by atoms with Crippen LogP contribution in [0.15, 0.2) is 24.3 Å². The Morgan fingerprint density at radius 3 is 2.65 bits per heavy atom. The maximum atomic E-state index is 11.9. The highest BCUT2D eigenvalue weighted by molar-refractivity contribution is 5.94. The van der Waals surface area contributed by atoms with E-state index in [9.17, 15) is 4.79 Å². The Labute approximate surface area is 119 Å². The maximum Gasteiger partial charge on any atom is 0.251 e. The van der Waals surface area contributed by atoms with Gasteiger partial charge >= 0.3 is 0 Å². The number of piperazine rings is 1. The van der Waals surface area contributed by atoms with Gasteiger partial charge in [-0.05, 0) is 37.2 Å². The summed E-state index contributed by atoms with van der Waals surface area (Å²) < 4.78 is 0. The monoisotopic (exact) mass is 272 g/mol. The highest BCUT2D eigenvalue weighted by Crippen LogP contribution is 2.03. The second-order valence-corrected chi connectivity index (χ2v) is 4.89. The third kappa shape index (κ3) is 4.34. The lowest BCUT2D eigenvalue weighted by Crippen LogP contribution is -2.44. The van der Waals surface area contributed by atoms with Crippen molar-refractivity contribution in [2.45, 2.75) is 6.42 Å². The van der Waals surface area contributed by atoms with E-state index in [2.05, 4.69) is 15.5 Å². The molecule has 0 radical (unpaired) electrons. The molecule has 5 heteroatoms. The molecule has 0 aromatic heterocycles. The molecule has 1 aromatic rings. The Morgan fingerprint density at radius 2 is 2.00 bits per heavy atom. The first-order valence-corrected chi connectivity index (χ1v) is 7.01. The highest BCUT2D eigenvalue weighted by atomic mass is 16.1. The average molecular weight is 272 g/mol. The van der Waals surface area contributed by atoms with Gasteiger partial charge in [0.05, 0.1) is 11.6 Å². The zero-order chi connectivity index (χ0) is 14.2. The molecule has 0 unspecified atom stereocenters. The highest BCUT2D eigenvalue weighted by Gasteiger charge is 2.09. The summed E-state index contributed by atoms with van der Waals surface area (Å²) in [4.78, 5) is 14.3. The first kappa shape index (κ1) is 14.5. The van der Waals surface area contributed by atoms with Gasteiger partial charge in [0, 0.05) is 38.3 Å². The number of amides is 1. The predicted octanol–water partition coefficient (Wildman–Crippen LogP) is 0.583. The molecule has 0 bridgehead atoms. The Kier molecular flexibility index (Phi) is 5.54. The topological polar surface area (TPSA) is 68.2 Å². The van der Waals surface area contributed by atoms with Crippen LogP contribution in [0.2, 0.25) is 0 Å². The molecule has 2 N–H and O–H groups in total. The fourth-order valence-corrected chi connectivity index (χ4v) is 2.24. The third-order valence-corrected chi connectivity index (χ3v) is 3.42. The molecule has 1 aliphatic rings. The first-order valence-electron chi connectivity index (χ1n) is 7.01. The van der Waals surface area contributed by atoms with Crippen LogP contribution in [-0.2, 0) is 0 Å². The number of hydrogen-bond donors (Lipinski definition) is 2. The van der Waals surface area contributed by atoms with Gasteiger partial charge in [-0.2, -0.15) is 5.26 Å². The summed E-state index contributed by atoms with van der Waals surface area (Å²) in [7, 11) is 0. The van der Waals surface area contributed by atoms with Crippen molar-refractivity contribution in [3.63, 3.8) is 0 Å². The summed E-state index contributed by atoms with van der Waals surface area (Å²) in [5.74, 6) is -0.0743. The predicted molar refractivity (Wildman–Crippen MR) is 77.4 cm³/mol. The summed E-state index contributed by atoms with van der Waals surface area (Å²) in [5.41, 5.74) is 1.17. The summed E-state index contributed by atoms with van der Waals surface area (Å²) in [6, 6.07) is 8.73. The largest absolute Gasteiger partial charge is 0.352 e. The van der Waals surface area contributed by atoms with Crippen molar-refractivity contribution >= 4 is 5.91 Å². The van der Waals surface area contributed by atoms with Crippen molar-refractivity contribution in [3.8, 4) is 6.07 Å². The van der Waals surface area contributed by atoms with E-state index in [-0.39, 0.29) is 5.91 Å². The van der Waals surface area contributed by atoms with Gasteiger partial charge < -0.3 is 15.5 Å². The van der Waals surface area contributed by atoms with Crippen LogP contribution in [0, 0.1) is 11.3 Å². The molecular weight excluding hydrogens is 252 g/mol. The summed E-state index contributed by atoms with van der Waals surface area (Å²) in [6.07, 6.45) is 0.960. The molecule has 2 rings (SSSR count). The number of nitriles is 1. The number of hydrogen-bond acceptors (Lipinski definition) is 4. The molecule has 0 aliphatic carbocycles. The van der Waals surface area contributed by atoms with Crippen molar-refractivity contribution in [1.29, 1.82) is 5.26 Å². The van der Waals surface area contributed by atoms with Gasteiger partial charge in [0.2, 0.25) is 0 Å². The molecule has 1 heterocycles. The van der Waals surface area contributed by atoms with Crippen LogP contribution in [0.5, 0.6) is 0 Å². The lowest BCUT2D eigenvalue weighted by Gasteiger charge is -2.27. The molecule has 1 aromatic carbocycles. The number of nitrogens with zero attached hydrogens (tertiary/aromatic N) is 2. The fourth-order valence-electron chi connectivity index (χ4n) is 2.24. The number of nitrogens with one attached hydrogen (secondary N) is 2. The smallest absolute Gasteiger partial charge is 0.251 e. The molecule has 106 valence electrons. The van der Waals surface area contributed by atoms with Crippen LogP contribution in [0.3, 0.4) is 0 Å². The quantitative estimate of drug-likeness (QED) is 0.770. The normalized spacial score (nSPS) is 15.6. The lowest BCUT2D eigenvalue weighted by molar-refractivity contribution is 0.0951. The lowest BCUT2D eigenvalue weighted by atomic mass is 10.1. The fraction of sp³-hybridized carbons (Fsp3) is 0.467. The second-order valence-electron chi connectivity index (χ2n) is 4.89. The summed E-state index contributed by atoms with van der Waals surface area (Å²) in [5, 5.41) is 14.9. The minimum absolute atomic E-state index is 0.0743.